The maximum absolute atomic E-state index is 5.45. The topological polar surface area (TPSA) is 49.2 Å². The first kappa shape index (κ1) is 14.5. The maximum atomic E-state index is 5.45. The summed E-state index contributed by atoms with van der Waals surface area (Å²) in [7, 11) is 5.33. The van der Waals surface area contributed by atoms with Crippen LogP contribution in [0.5, 0.6) is 11.5 Å². The first-order valence-corrected chi connectivity index (χ1v) is 7.63. The predicted molar refractivity (Wildman–Crippen MR) is 94.6 cm³/mol. The van der Waals surface area contributed by atoms with Gasteiger partial charge in [-0.3, -0.25) is 0 Å². The Hall–Kier alpha value is -3.08. The fraction of sp³-hybridized carbons (Fsp3) is 0.158. The second-order valence-corrected chi connectivity index (χ2v) is 5.64. The van der Waals surface area contributed by atoms with Crippen molar-refractivity contribution >= 4 is 21.8 Å². The molecule has 0 N–H and O–H groups in total. The Balaban J connectivity index is 2.06. The lowest BCUT2D eigenvalue weighted by molar-refractivity contribution is 0.355. The van der Waals surface area contributed by atoms with E-state index in [4.69, 9.17) is 9.47 Å². The van der Waals surface area contributed by atoms with E-state index in [1.807, 2.05) is 31.4 Å². The van der Waals surface area contributed by atoms with E-state index in [-0.39, 0.29) is 0 Å². The monoisotopic (exact) mass is 319 g/mol. The Bertz CT molecular complexity index is 1050. The highest BCUT2D eigenvalue weighted by molar-refractivity contribution is 6.11. The standard InChI is InChI=1S/C19H17N3O2/c1-22-7-6-13-15-10-20-11-21-16(15)9-14(19(13)22)12-4-5-17(23-2)18(8-12)24-3/h4-11H,1-3H3. The molecule has 2 aromatic carbocycles. The number of aromatic nitrogens is 3. The van der Waals surface area contributed by atoms with Gasteiger partial charge in [0.05, 0.1) is 25.3 Å². The van der Waals surface area contributed by atoms with E-state index in [0.29, 0.717) is 11.5 Å². The molecule has 5 nitrogen and oxygen atoms in total. The number of aryl methyl sites for hydroxylation is 1. The van der Waals surface area contributed by atoms with Crippen molar-refractivity contribution in [2.75, 3.05) is 14.2 Å². The van der Waals surface area contributed by atoms with E-state index in [9.17, 15) is 0 Å². The second kappa shape index (κ2) is 5.53. The molecule has 120 valence electrons. The lowest BCUT2D eigenvalue weighted by Gasteiger charge is -2.12. The van der Waals surface area contributed by atoms with Crippen LogP contribution in [-0.2, 0) is 7.05 Å². The third-order valence-electron chi connectivity index (χ3n) is 4.34. The van der Waals surface area contributed by atoms with Crippen molar-refractivity contribution in [2.24, 2.45) is 7.05 Å². The average Bonchev–Trinajstić information content (AvgIpc) is 3.02. The van der Waals surface area contributed by atoms with Crippen molar-refractivity contribution in [2.45, 2.75) is 0 Å². The fourth-order valence-corrected chi connectivity index (χ4v) is 3.17. The molecule has 0 saturated carbocycles. The van der Waals surface area contributed by atoms with Gasteiger partial charge in [0.15, 0.2) is 11.5 Å². The summed E-state index contributed by atoms with van der Waals surface area (Å²) in [4.78, 5) is 8.59. The molecule has 0 atom stereocenters. The molecule has 0 radical (unpaired) electrons. The van der Waals surface area contributed by atoms with Gasteiger partial charge in [0.1, 0.15) is 6.33 Å². The van der Waals surface area contributed by atoms with Gasteiger partial charge in [-0.1, -0.05) is 6.07 Å². The Morgan fingerprint density at radius 2 is 1.79 bits per heavy atom. The molecule has 0 aliphatic rings. The summed E-state index contributed by atoms with van der Waals surface area (Å²) in [6.45, 7) is 0. The van der Waals surface area contributed by atoms with Gasteiger partial charge in [0, 0.05) is 35.8 Å². The minimum Gasteiger partial charge on any atom is -0.493 e. The van der Waals surface area contributed by atoms with Crippen molar-refractivity contribution in [1.82, 2.24) is 14.5 Å². The molecule has 0 saturated heterocycles. The summed E-state index contributed by atoms with van der Waals surface area (Å²) < 4.78 is 12.9. The first-order valence-electron chi connectivity index (χ1n) is 7.63. The summed E-state index contributed by atoms with van der Waals surface area (Å²) >= 11 is 0. The third-order valence-corrected chi connectivity index (χ3v) is 4.34. The van der Waals surface area contributed by atoms with Crippen LogP contribution in [0.4, 0.5) is 0 Å². The van der Waals surface area contributed by atoms with Crippen molar-refractivity contribution in [3.05, 3.63) is 49.1 Å². The molecule has 5 heteroatoms. The van der Waals surface area contributed by atoms with E-state index in [2.05, 4.69) is 32.9 Å². The Kier molecular flexibility index (Phi) is 3.34. The highest BCUT2D eigenvalue weighted by Crippen LogP contribution is 2.38. The largest absolute Gasteiger partial charge is 0.493 e. The van der Waals surface area contributed by atoms with Gasteiger partial charge in [-0.05, 0) is 29.8 Å². The zero-order valence-corrected chi connectivity index (χ0v) is 13.8. The Morgan fingerprint density at radius 3 is 2.58 bits per heavy atom. The number of rotatable bonds is 3. The molecule has 2 aromatic heterocycles. The van der Waals surface area contributed by atoms with Crippen molar-refractivity contribution in [3.8, 4) is 22.6 Å². The molecule has 0 spiro atoms. The number of methoxy groups -OCH3 is 2. The first-order chi connectivity index (χ1) is 11.7. The van der Waals surface area contributed by atoms with E-state index in [1.165, 1.54) is 0 Å². The number of fused-ring (bicyclic) bond motifs is 3. The van der Waals surface area contributed by atoms with Gasteiger partial charge >= 0.3 is 0 Å². The molecule has 0 unspecified atom stereocenters. The summed E-state index contributed by atoms with van der Waals surface area (Å²) in [6.07, 6.45) is 5.50. The Morgan fingerprint density at radius 1 is 0.958 bits per heavy atom. The van der Waals surface area contributed by atoms with Gasteiger partial charge in [0.2, 0.25) is 0 Å². The van der Waals surface area contributed by atoms with Gasteiger partial charge in [0.25, 0.3) is 0 Å². The smallest absolute Gasteiger partial charge is 0.161 e. The summed E-state index contributed by atoms with van der Waals surface area (Å²) in [5.74, 6) is 1.42. The van der Waals surface area contributed by atoms with Crippen molar-refractivity contribution in [1.29, 1.82) is 0 Å². The molecule has 4 aromatic rings. The molecule has 0 aliphatic carbocycles. The molecule has 0 amide bonds. The van der Waals surface area contributed by atoms with Crippen LogP contribution in [-0.4, -0.2) is 28.8 Å². The van der Waals surface area contributed by atoms with Crippen LogP contribution in [0, 0.1) is 0 Å². The highest BCUT2D eigenvalue weighted by Gasteiger charge is 2.14. The van der Waals surface area contributed by atoms with Gasteiger partial charge < -0.3 is 14.0 Å². The van der Waals surface area contributed by atoms with E-state index < -0.39 is 0 Å². The van der Waals surface area contributed by atoms with Crippen LogP contribution in [0.3, 0.4) is 0 Å². The zero-order chi connectivity index (χ0) is 16.7. The molecule has 4 rings (SSSR count). The zero-order valence-electron chi connectivity index (χ0n) is 13.8. The summed E-state index contributed by atoms with van der Waals surface area (Å²) in [5, 5.41) is 2.19. The number of hydrogen-bond acceptors (Lipinski definition) is 4. The molecule has 0 bridgehead atoms. The summed E-state index contributed by atoms with van der Waals surface area (Å²) in [6, 6.07) is 10.2. The van der Waals surface area contributed by atoms with Crippen LogP contribution >= 0.6 is 0 Å². The quantitative estimate of drug-likeness (QED) is 0.576. The molecule has 0 aliphatic heterocycles. The molecule has 24 heavy (non-hydrogen) atoms. The minimum absolute atomic E-state index is 0.708. The second-order valence-electron chi connectivity index (χ2n) is 5.64. The van der Waals surface area contributed by atoms with Crippen molar-refractivity contribution < 1.29 is 9.47 Å². The van der Waals surface area contributed by atoms with Crippen LogP contribution < -0.4 is 9.47 Å². The average molecular weight is 319 g/mol. The van der Waals surface area contributed by atoms with Crippen LogP contribution in [0.2, 0.25) is 0 Å². The highest BCUT2D eigenvalue weighted by atomic mass is 16.5. The van der Waals surface area contributed by atoms with Gasteiger partial charge in [-0.2, -0.15) is 0 Å². The van der Waals surface area contributed by atoms with Crippen molar-refractivity contribution in [3.63, 3.8) is 0 Å². The van der Waals surface area contributed by atoms with E-state index in [0.717, 1.165) is 32.9 Å². The minimum atomic E-state index is 0.708. The van der Waals surface area contributed by atoms with E-state index >= 15 is 0 Å². The summed E-state index contributed by atoms with van der Waals surface area (Å²) in [5.41, 5.74) is 4.22. The molecular weight excluding hydrogens is 302 g/mol. The molecule has 2 heterocycles. The SMILES string of the molecule is COc1ccc(-c2cc3ncncc3c3ccn(C)c23)cc1OC. The fourth-order valence-electron chi connectivity index (χ4n) is 3.17. The van der Waals surface area contributed by atoms with Crippen LogP contribution in [0.15, 0.2) is 49.1 Å². The number of hydrogen-bond donors (Lipinski definition) is 0. The predicted octanol–water partition coefficient (Wildman–Crippen LogP) is 3.81. The molecule has 0 fully saturated rings. The maximum Gasteiger partial charge on any atom is 0.161 e. The van der Waals surface area contributed by atoms with Crippen LogP contribution in [0.1, 0.15) is 0 Å². The lowest BCUT2D eigenvalue weighted by Crippen LogP contribution is -1.94. The van der Waals surface area contributed by atoms with Gasteiger partial charge in [-0.15, -0.1) is 0 Å². The lowest BCUT2D eigenvalue weighted by atomic mass is 10.00. The van der Waals surface area contributed by atoms with Crippen LogP contribution in [0.25, 0.3) is 32.9 Å². The number of ether oxygens (including phenoxy) is 2. The normalized spacial score (nSPS) is 11.1. The van der Waals surface area contributed by atoms with Gasteiger partial charge in [-0.25, -0.2) is 9.97 Å². The number of nitrogens with zero attached hydrogens (tertiary/aromatic N) is 3. The van der Waals surface area contributed by atoms with E-state index in [1.54, 1.807) is 20.5 Å². The Labute approximate surface area is 139 Å². The third kappa shape index (κ3) is 2.09. The molecular formula is C19H17N3O2. The number of benzene rings is 2.